The third kappa shape index (κ3) is 4.06. The van der Waals surface area contributed by atoms with Crippen molar-refractivity contribution in [1.82, 2.24) is 19.7 Å². The van der Waals surface area contributed by atoms with E-state index in [1.807, 2.05) is 70.1 Å². The Balaban J connectivity index is 1.64. The Labute approximate surface area is 163 Å². The van der Waals surface area contributed by atoms with Crippen LogP contribution in [-0.2, 0) is 4.79 Å². The quantitative estimate of drug-likeness (QED) is 0.627. The molecule has 0 aliphatic carbocycles. The second-order valence-electron chi connectivity index (χ2n) is 6.61. The number of nitrogens with zero attached hydrogens (tertiary/aromatic N) is 4. The van der Waals surface area contributed by atoms with Crippen LogP contribution in [0.4, 0.5) is 0 Å². The highest BCUT2D eigenvalue weighted by Gasteiger charge is 2.29. The Bertz CT molecular complexity index is 875. The molecule has 3 aromatic rings. The summed E-state index contributed by atoms with van der Waals surface area (Å²) >= 11 is 1.47. The van der Waals surface area contributed by atoms with Crippen LogP contribution in [0.15, 0.2) is 72.1 Å². The molecule has 1 aliphatic rings. The maximum atomic E-state index is 13.3. The van der Waals surface area contributed by atoms with Gasteiger partial charge in [0.25, 0.3) is 0 Å². The summed E-state index contributed by atoms with van der Waals surface area (Å²) in [5.74, 6) is 0.161. The van der Waals surface area contributed by atoms with Gasteiger partial charge in [0, 0.05) is 18.8 Å². The lowest BCUT2D eigenvalue weighted by Crippen LogP contribution is -2.38. The second kappa shape index (κ2) is 8.39. The molecule has 1 amide bonds. The van der Waals surface area contributed by atoms with Crippen molar-refractivity contribution < 1.29 is 4.79 Å². The molecular formula is C21H22N4OS. The molecule has 4 rings (SSSR count). The number of thioether (sulfide) groups is 1. The number of carbonyl (C=O) groups excluding carboxylic acids is 1. The Kier molecular flexibility index (Phi) is 5.53. The maximum Gasteiger partial charge on any atom is 0.240 e. The molecule has 1 aliphatic heterocycles. The van der Waals surface area contributed by atoms with Gasteiger partial charge in [-0.2, -0.15) is 0 Å². The van der Waals surface area contributed by atoms with E-state index in [-0.39, 0.29) is 11.2 Å². The Morgan fingerprint density at radius 2 is 1.59 bits per heavy atom. The van der Waals surface area contributed by atoms with Crippen molar-refractivity contribution in [3.63, 3.8) is 0 Å². The lowest BCUT2D eigenvalue weighted by molar-refractivity contribution is -0.131. The third-order valence-corrected chi connectivity index (χ3v) is 5.97. The smallest absolute Gasteiger partial charge is 0.240 e. The monoisotopic (exact) mass is 378 g/mol. The van der Waals surface area contributed by atoms with E-state index in [9.17, 15) is 4.79 Å². The summed E-state index contributed by atoms with van der Waals surface area (Å²) in [5.41, 5.74) is 1.99. The minimum absolute atomic E-state index is 0.161. The molecule has 0 N–H and O–H groups in total. The van der Waals surface area contributed by atoms with E-state index in [0.717, 1.165) is 42.3 Å². The number of amides is 1. The fraction of sp³-hybridized carbons (Fsp3) is 0.286. The van der Waals surface area contributed by atoms with Crippen LogP contribution in [0.2, 0.25) is 0 Å². The normalized spacial score (nSPS) is 15.5. The highest BCUT2D eigenvalue weighted by Crippen LogP contribution is 2.37. The van der Waals surface area contributed by atoms with Gasteiger partial charge in [-0.25, -0.2) is 0 Å². The van der Waals surface area contributed by atoms with Crippen molar-refractivity contribution in [1.29, 1.82) is 0 Å². The van der Waals surface area contributed by atoms with Gasteiger partial charge in [0.05, 0.1) is 0 Å². The highest BCUT2D eigenvalue weighted by molar-refractivity contribution is 8.00. The van der Waals surface area contributed by atoms with Crippen LogP contribution in [-0.4, -0.2) is 38.7 Å². The zero-order chi connectivity index (χ0) is 18.5. The number of aromatic nitrogens is 3. The van der Waals surface area contributed by atoms with E-state index in [2.05, 4.69) is 10.2 Å². The van der Waals surface area contributed by atoms with E-state index in [1.54, 1.807) is 6.33 Å². The van der Waals surface area contributed by atoms with Crippen molar-refractivity contribution >= 4 is 17.7 Å². The van der Waals surface area contributed by atoms with Crippen LogP contribution in [0.3, 0.4) is 0 Å². The van der Waals surface area contributed by atoms with Gasteiger partial charge in [0.1, 0.15) is 11.6 Å². The number of para-hydroxylation sites is 1. The molecule has 1 aromatic heterocycles. The van der Waals surface area contributed by atoms with Crippen LogP contribution in [0, 0.1) is 0 Å². The highest BCUT2D eigenvalue weighted by atomic mass is 32.2. The zero-order valence-electron chi connectivity index (χ0n) is 15.1. The molecule has 138 valence electrons. The van der Waals surface area contributed by atoms with Gasteiger partial charge in [-0.05, 0) is 37.0 Å². The fourth-order valence-electron chi connectivity index (χ4n) is 3.34. The fourth-order valence-corrected chi connectivity index (χ4v) is 4.46. The van der Waals surface area contributed by atoms with E-state index in [0.29, 0.717) is 0 Å². The maximum absolute atomic E-state index is 13.3. The van der Waals surface area contributed by atoms with Crippen LogP contribution in [0.1, 0.15) is 30.1 Å². The van der Waals surface area contributed by atoms with Crippen LogP contribution in [0.5, 0.6) is 0 Å². The summed E-state index contributed by atoms with van der Waals surface area (Å²) in [7, 11) is 0. The molecule has 2 heterocycles. The summed E-state index contributed by atoms with van der Waals surface area (Å²) < 4.78 is 1.93. The molecular weight excluding hydrogens is 356 g/mol. The lowest BCUT2D eigenvalue weighted by Gasteiger charge is -2.30. The first-order valence-electron chi connectivity index (χ1n) is 9.29. The molecule has 27 heavy (non-hydrogen) atoms. The first-order chi connectivity index (χ1) is 13.3. The van der Waals surface area contributed by atoms with Crippen LogP contribution >= 0.6 is 11.8 Å². The zero-order valence-corrected chi connectivity index (χ0v) is 15.9. The molecule has 0 saturated carbocycles. The first-order valence-corrected chi connectivity index (χ1v) is 10.2. The molecule has 0 spiro atoms. The summed E-state index contributed by atoms with van der Waals surface area (Å²) in [6.07, 6.45) is 5.07. The topological polar surface area (TPSA) is 51.0 Å². The predicted molar refractivity (Wildman–Crippen MR) is 107 cm³/mol. The number of hydrogen-bond acceptors (Lipinski definition) is 4. The number of likely N-dealkylation sites (tertiary alicyclic amines) is 1. The first kappa shape index (κ1) is 17.8. The molecule has 0 unspecified atom stereocenters. The summed E-state index contributed by atoms with van der Waals surface area (Å²) in [4.78, 5) is 15.3. The van der Waals surface area contributed by atoms with E-state index in [1.165, 1.54) is 18.2 Å². The van der Waals surface area contributed by atoms with Gasteiger partial charge in [0.2, 0.25) is 5.91 Å². The van der Waals surface area contributed by atoms with Crippen LogP contribution < -0.4 is 0 Å². The van der Waals surface area contributed by atoms with Gasteiger partial charge < -0.3 is 4.90 Å². The minimum Gasteiger partial charge on any atom is -0.341 e. The molecule has 0 radical (unpaired) electrons. The molecule has 2 aromatic carbocycles. The average molecular weight is 379 g/mol. The van der Waals surface area contributed by atoms with Gasteiger partial charge in [-0.15, -0.1) is 10.2 Å². The number of benzene rings is 2. The summed E-state index contributed by atoms with van der Waals surface area (Å²) in [6, 6.07) is 19.9. The van der Waals surface area contributed by atoms with Crippen molar-refractivity contribution in [2.24, 2.45) is 0 Å². The van der Waals surface area contributed by atoms with Gasteiger partial charge in [-0.3, -0.25) is 9.36 Å². The molecule has 1 saturated heterocycles. The van der Waals surface area contributed by atoms with E-state index >= 15 is 0 Å². The second-order valence-corrected chi connectivity index (χ2v) is 7.69. The Hall–Kier alpha value is -2.60. The number of piperidine rings is 1. The van der Waals surface area contributed by atoms with Gasteiger partial charge in [0.15, 0.2) is 5.16 Å². The standard InChI is InChI=1S/C21H22N4OS/c26-20(24-14-8-3-9-15-24)19(17-10-4-1-5-11-17)27-21-23-22-16-25(21)18-12-6-2-7-13-18/h1-2,4-7,10-13,16,19H,3,8-9,14-15H2/t19-/m1/s1. The largest absolute Gasteiger partial charge is 0.341 e. The average Bonchev–Trinajstić information content (AvgIpc) is 3.22. The van der Waals surface area contributed by atoms with E-state index in [4.69, 9.17) is 0 Å². The molecule has 1 fully saturated rings. The van der Waals surface area contributed by atoms with Crippen LogP contribution in [0.25, 0.3) is 5.69 Å². The van der Waals surface area contributed by atoms with Crippen molar-refractivity contribution in [3.8, 4) is 5.69 Å². The number of hydrogen-bond donors (Lipinski definition) is 0. The SMILES string of the molecule is O=C([C@H](Sc1nncn1-c1ccccc1)c1ccccc1)N1CCCCC1. The number of carbonyl (C=O) groups is 1. The molecule has 6 heteroatoms. The third-order valence-electron chi connectivity index (χ3n) is 4.77. The molecule has 5 nitrogen and oxygen atoms in total. The predicted octanol–water partition coefficient (Wildman–Crippen LogP) is 4.11. The minimum atomic E-state index is -0.323. The summed E-state index contributed by atoms with van der Waals surface area (Å²) in [5, 5.41) is 8.77. The number of rotatable bonds is 5. The summed E-state index contributed by atoms with van der Waals surface area (Å²) in [6.45, 7) is 1.68. The van der Waals surface area contributed by atoms with Gasteiger partial charge >= 0.3 is 0 Å². The lowest BCUT2D eigenvalue weighted by atomic mass is 10.1. The van der Waals surface area contributed by atoms with Crippen molar-refractivity contribution in [2.75, 3.05) is 13.1 Å². The Morgan fingerprint density at radius 1 is 0.926 bits per heavy atom. The molecule has 1 atom stereocenters. The Morgan fingerprint density at radius 3 is 2.30 bits per heavy atom. The van der Waals surface area contributed by atoms with Crippen molar-refractivity contribution in [2.45, 2.75) is 29.7 Å². The van der Waals surface area contributed by atoms with E-state index < -0.39 is 0 Å². The van der Waals surface area contributed by atoms with Gasteiger partial charge in [-0.1, -0.05) is 60.3 Å². The van der Waals surface area contributed by atoms with Crippen molar-refractivity contribution in [3.05, 3.63) is 72.6 Å². The molecule has 0 bridgehead atoms.